The lowest BCUT2D eigenvalue weighted by Gasteiger charge is -2.24. The van der Waals surface area contributed by atoms with Crippen LogP contribution in [-0.4, -0.2) is 56.4 Å². The van der Waals surface area contributed by atoms with Gasteiger partial charge in [-0.3, -0.25) is 4.79 Å². The van der Waals surface area contributed by atoms with Crippen LogP contribution in [-0.2, 0) is 10.0 Å². The lowest BCUT2D eigenvalue weighted by molar-refractivity contribution is 0.102. The van der Waals surface area contributed by atoms with Crippen molar-refractivity contribution in [2.75, 3.05) is 43.1 Å². The fourth-order valence-electron chi connectivity index (χ4n) is 3.01. The average Bonchev–Trinajstić information content (AvgIpc) is 3.11. The first-order chi connectivity index (χ1) is 14.4. The van der Waals surface area contributed by atoms with Gasteiger partial charge in [0, 0.05) is 35.0 Å². The molecule has 0 atom stereocenters. The molecule has 0 radical (unpaired) electrons. The quantitative estimate of drug-likeness (QED) is 0.631. The van der Waals surface area contributed by atoms with Crippen LogP contribution in [0.2, 0.25) is 0 Å². The highest BCUT2D eigenvalue weighted by Crippen LogP contribution is 2.34. The summed E-state index contributed by atoms with van der Waals surface area (Å²) in [6, 6.07) is 6.54. The summed E-state index contributed by atoms with van der Waals surface area (Å²) in [5, 5.41) is 2.83. The molecular formula is C20H26N2O5S3. The van der Waals surface area contributed by atoms with E-state index in [1.165, 1.54) is 15.6 Å². The molecule has 0 bridgehead atoms. The Morgan fingerprint density at radius 1 is 1.10 bits per heavy atom. The van der Waals surface area contributed by atoms with Gasteiger partial charge in [-0.15, -0.1) is 11.3 Å². The van der Waals surface area contributed by atoms with Gasteiger partial charge >= 0.3 is 0 Å². The molecular weight excluding hydrogens is 444 g/mol. The maximum atomic E-state index is 12.9. The van der Waals surface area contributed by atoms with Crippen molar-refractivity contribution in [3.05, 3.63) is 34.7 Å². The van der Waals surface area contributed by atoms with Crippen molar-refractivity contribution in [3.8, 4) is 11.5 Å². The number of carbonyl (C=O) groups excluding carboxylic acids is 1. The van der Waals surface area contributed by atoms with Crippen LogP contribution in [0.4, 0.5) is 5.69 Å². The maximum Gasteiger partial charge on any atom is 0.255 e. The van der Waals surface area contributed by atoms with Crippen molar-refractivity contribution in [1.82, 2.24) is 4.31 Å². The van der Waals surface area contributed by atoms with Crippen LogP contribution in [0, 0.1) is 6.92 Å². The van der Waals surface area contributed by atoms with Gasteiger partial charge in [-0.1, -0.05) is 0 Å². The van der Waals surface area contributed by atoms with Gasteiger partial charge in [0.05, 0.1) is 18.9 Å². The first-order valence-electron chi connectivity index (χ1n) is 9.76. The Balaban J connectivity index is 1.80. The summed E-state index contributed by atoms with van der Waals surface area (Å²) < 4.78 is 38.7. The van der Waals surface area contributed by atoms with Gasteiger partial charge in [0.15, 0.2) is 11.5 Å². The number of anilines is 1. The van der Waals surface area contributed by atoms with Crippen molar-refractivity contribution in [1.29, 1.82) is 0 Å². The lowest BCUT2D eigenvalue weighted by atomic mass is 10.2. The molecule has 164 valence electrons. The summed E-state index contributed by atoms with van der Waals surface area (Å²) in [7, 11) is -3.54. The summed E-state index contributed by atoms with van der Waals surface area (Å²) in [5.74, 6) is 2.34. The molecule has 0 spiro atoms. The number of nitrogens with one attached hydrogen (secondary N) is 1. The van der Waals surface area contributed by atoms with Crippen LogP contribution in [0.15, 0.2) is 28.5 Å². The zero-order valence-electron chi connectivity index (χ0n) is 17.3. The summed E-state index contributed by atoms with van der Waals surface area (Å²) in [6.45, 7) is 7.51. The van der Waals surface area contributed by atoms with E-state index in [9.17, 15) is 13.2 Å². The highest BCUT2D eigenvalue weighted by molar-refractivity contribution is 7.99. The normalized spacial score (nSPS) is 15.0. The van der Waals surface area contributed by atoms with Crippen LogP contribution in [0.3, 0.4) is 0 Å². The van der Waals surface area contributed by atoms with E-state index >= 15 is 0 Å². The number of carbonyl (C=O) groups is 1. The number of thioether (sulfide) groups is 1. The van der Waals surface area contributed by atoms with Gasteiger partial charge in [0.2, 0.25) is 0 Å². The third kappa shape index (κ3) is 5.11. The van der Waals surface area contributed by atoms with Crippen molar-refractivity contribution in [3.63, 3.8) is 0 Å². The molecule has 2 aromatic rings. The molecule has 2 heterocycles. The lowest BCUT2D eigenvalue weighted by Crippen LogP contribution is -2.37. The molecule has 0 aliphatic carbocycles. The van der Waals surface area contributed by atoms with Gasteiger partial charge in [-0.05, 0) is 45.0 Å². The van der Waals surface area contributed by atoms with Crippen LogP contribution in [0.5, 0.6) is 11.5 Å². The largest absolute Gasteiger partial charge is 0.490 e. The van der Waals surface area contributed by atoms with Crippen molar-refractivity contribution < 1.29 is 22.7 Å². The smallest absolute Gasteiger partial charge is 0.255 e. The Labute approximate surface area is 185 Å². The molecule has 1 amide bonds. The fraction of sp³-hybridized carbons (Fsp3) is 0.450. The molecule has 1 aliphatic heterocycles. The first-order valence-corrected chi connectivity index (χ1v) is 13.2. The molecule has 30 heavy (non-hydrogen) atoms. The number of benzene rings is 1. The van der Waals surface area contributed by atoms with Crippen molar-refractivity contribution >= 4 is 44.7 Å². The number of sulfonamides is 1. The Bertz CT molecular complexity index is 998. The van der Waals surface area contributed by atoms with Crippen LogP contribution < -0.4 is 14.8 Å². The number of rotatable bonds is 8. The zero-order chi connectivity index (χ0) is 21.7. The maximum absolute atomic E-state index is 12.9. The molecule has 0 saturated carbocycles. The number of hydrogen-bond donors (Lipinski definition) is 1. The summed E-state index contributed by atoms with van der Waals surface area (Å²) >= 11 is 2.93. The molecule has 1 saturated heterocycles. The topological polar surface area (TPSA) is 84.9 Å². The van der Waals surface area contributed by atoms with E-state index in [1.54, 1.807) is 43.0 Å². The van der Waals surface area contributed by atoms with Gasteiger partial charge < -0.3 is 14.8 Å². The van der Waals surface area contributed by atoms with E-state index in [-0.39, 0.29) is 10.1 Å². The standard InChI is InChI=1S/C20H26N2O5S3/c1-4-26-17-7-6-15(12-18(17)27-5-2)20(23)21-16-13-19(29-14(16)3)30(24,25)22-8-10-28-11-9-22/h6-7,12-13H,4-5,8-11H2,1-3H3,(H,21,23). The second-order valence-electron chi connectivity index (χ2n) is 6.53. The van der Waals surface area contributed by atoms with Crippen molar-refractivity contribution in [2.24, 2.45) is 0 Å². The minimum Gasteiger partial charge on any atom is -0.490 e. The van der Waals surface area contributed by atoms with Gasteiger partial charge in [-0.25, -0.2) is 8.42 Å². The number of thiophene rings is 1. The second-order valence-corrected chi connectivity index (χ2v) is 11.2. The van der Waals surface area contributed by atoms with Crippen LogP contribution >= 0.6 is 23.1 Å². The summed E-state index contributed by atoms with van der Waals surface area (Å²) in [5.41, 5.74) is 0.909. The molecule has 1 aliphatic rings. The average molecular weight is 471 g/mol. The van der Waals surface area contributed by atoms with Gasteiger partial charge in [0.25, 0.3) is 15.9 Å². The Kier molecular flexibility index (Phi) is 7.67. The number of amides is 1. The Hall–Kier alpha value is -1.75. The van der Waals surface area contributed by atoms with E-state index in [1.807, 2.05) is 13.8 Å². The van der Waals surface area contributed by atoms with Gasteiger partial charge in [0.1, 0.15) is 4.21 Å². The first kappa shape index (κ1) is 22.9. The molecule has 7 nitrogen and oxygen atoms in total. The van der Waals surface area contributed by atoms with E-state index < -0.39 is 10.0 Å². The SMILES string of the molecule is CCOc1ccc(C(=O)Nc2cc(S(=O)(=O)N3CCSCC3)sc2C)cc1OCC. The fourth-order valence-corrected chi connectivity index (χ4v) is 7.14. The Morgan fingerprint density at radius 3 is 2.43 bits per heavy atom. The zero-order valence-corrected chi connectivity index (χ0v) is 19.7. The third-order valence-corrected chi connectivity index (χ3v) is 8.85. The summed E-state index contributed by atoms with van der Waals surface area (Å²) in [4.78, 5) is 13.5. The minimum absolute atomic E-state index is 0.254. The van der Waals surface area contributed by atoms with E-state index in [2.05, 4.69) is 5.32 Å². The van der Waals surface area contributed by atoms with Crippen LogP contribution in [0.25, 0.3) is 0 Å². The number of ether oxygens (including phenoxy) is 2. The monoisotopic (exact) mass is 470 g/mol. The number of hydrogen-bond acceptors (Lipinski definition) is 7. The molecule has 1 N–H and O–H groups in total. The number of nitrogens with zero attached hydrogens (tertiary/aromatic N) is 1. The van der Waals surface area contributed by atoms with E-state index in [0.29, 0.717) is 49.1 Å². The molecule has 1 aromatic carbocycles. The second kappa shape index (κ2) is 10.0. The Morgan fingerprint density at radius 2 is 1.77 bits per heavy atom. The molecule has 3 rings (SSSR count). The third-order valence-electron chi connectivity index (χ3n) is 4.51. The predicted molar refractivity (Wildman–Crippen MR) is 122 cm³/mol. The predicted octanol–water partition coefficient (Wildman–Crippen LogP) is 3.84. The molecule has 0 unspecified atom stereocenters. The molecule has 1 fully saturated rings. The number of aryl methyl sites for hydroxylation is 1. The minimum atomic E-state index is -3.54. The van der Waals surface area contributed by atoms with Gasteiger partial charge in [-0.2, -0.15) is 16.1 Å². The molecule has 10 heteroatoms. The highest BCUT2D eigenvalue weighted by atomic mass is 32.2. The summed E-state index contributed by atoms with van der Waals surface area (Å²) in [6.07, 6.45) is 0. The molecule has 1 aromatic heterocycles. The van der Waals surface area contributed by atoms with E-state index in [0.717, 1.165) is 16.4 Å². The van der Waals surface area contributed by atoms with Crippen LogP contribution in [0.1, 0.15) is 29.1 Å². The highest BCUT2D eigenvalue weighted by Gasteiger charge is 2.28. The van der Waals surface area contributed by atoms with Crippen molar-refractivity contribution in [2.45, 2.75) is 25.0 Å². The van der Waals surface area contributed by atoms with E-state index in [4.69, 9.17) is 9.47 Å².